The van der Waals surface area contributed by atoms with Crippen molar-refractivity contribution in [2.24, 2.45) is 7.05 Å². The van der Waals surface area contributed by atoms with Crippen molar-refractivity contribution in [3.8, 4) is 22.6 Å². The Morgan fingerprint density at radius 1 is 0.871 bits per heavy atom. The number of imide groups is 1. The van der Waals surface area contributed by atoms with Gasteiger partial charge in [0.2, 0.25) is 11.8 Å². The molecule has 4 aliphatic rings. The number of ether oxygens (including phenoxy) is 3. The number of likely N-dealkylation sites (tertiary alicyclic amines) is 2. The van der Waals surface area contributed by atoms with Crippen LogP contribution in [0.4, 0.5) is 0 Å². The summed E-state index contributed by atoms with van der Waals surface area (Å²) in [4.78, 5) is 72.2. The highest BCUT2D eigenvalue weighted by Crippen LogP contribution is 2.43. The lowest BCUT2D eigenvalue weighted by Crippen LogP contribution is -2.52. The van der Waals surface area contributed by atoms with Gasteiger partial charge in [0, 0.05) is 90.5 Å². The first-order valence-electron chi connectivity index (χ1n) is 24.2. The summed E-state index contributed by atoms with van der Waals surface area (Å²) in [6.07, 6.45) is 2.40. The number of esters is 1. The molecule has 0 spiro atoms. The Morgan fingerprint density at radius 2 is 1.64 bits per heavy atom. The van der Waals surface area contributed by atoms with Gasteiger partial charge in [0.25, 0.3) is 11.8 Å². The number of nitrogens with one attached hydrogen (secondary N) is 1. The van der Waals surface area contributed by atoms with Gasteiger partial charge in [-0.2, -0.15) is 5.10 Å². The van der Waals surface area contributed by atoms with Gasteiger partial charge in [0.15, 0.2) is 6.61 Å². The number of hydrogen-bond donors (Lipinski definition) is 1. The van der Waals surface area contributed by atoms with Crippen molar-refractivity contribution < 1.29 is 38.2 Å². The topological polar surface area (TPSA) is 158 Å². The fourth-order valence-electron chi connectivity index (χ4n) is 11.1. The zero-order valence-electron chi connectivity index (χ0n) is 40.5. The number of rotatable bonds is 14. The second kappa shape index (κ2) is 18.6. The van der Waals surface area contributed by atoms with E-state index in [0.29, 0.717) is 73.2 Å². The SMILES string of the molecule is Cc1nn(C)c(C)c1-c1c(Cl)ccc2c(CCCOc3cccc4ccccc34)c(C(=O)OC(C)(C)C)n(CCN3CC4C[C@H]3CN4C(=O)COc3cccc4c3CN(C3CCC(=O)NC3=O)C4=O)c12. The molecule has 2 bridgehead atoms. The number of piperazine rings is 1. The fourth-order valence-corrected chi connectivity index (χ4v) is 11.4. The smallest absolute Gasteiger partial charge is 0.355 e. The average Bonchev–Trinajstić information content (AvgIpc) is 4.13. The van der Waals surface area contributed by atoms with Crippen LogP contribution in [-0.4, -0.2) is 115 Å². The van der Waals surface area contributed by atoms with E-state index in [0.717, 1.165) is 61.9 Å². The highest BCUT2D eigenvalue weighted by atomic mass is 35.5. The predicted molar refractivity (Wildman–Crippen MR) is 265 cm³/mol. The summed E-state index contributed by atoms with van der Waals surface area (Å²) in [5, 5.41) is 10.7. The molecule has 4 aliphatic heterocycles. The van der Waals surface area contributed by atoms with Gasteiger partial charge in [-0.1, -0.05) is 60.1 Å². The predicted octanol–water partition coefficient (Wildman–Crippen LogP) is 7.56. The van der Waals surface area contributed by atoms with E-state index in [1.165, 1.54) is 4.90 Å². The number of carbonyl (C=O) groups excluding carboxylic acids is 5. The maximum Gasteiger partial charge on any atom is 0.355 e. The molecule has 0 saturated carbocycles. The number of halogens is 1. The van der Waals surface area contributed by atoms with E-state index in [-0.39, 0.29) is 55.8 Å². The molecule has 3 fully saturated rings. The molecule has 3 saturated heterocycles. The van der Waals surface area contributed by atoms with Crippen LogP contribution in [0, 0.1) is 13.8 Å². The number of piperidine rings is 1. The second-order valence-corrected chi connectivity index (χ2v) is 20.4. The average molecular weight is 969 g/mol. The Kier molecular flexibility index (Phi) is 12.5. The third kappa shape index (κ3) is 8.67. The zero-order chi connectivity index (χ0) is 49.2. The maximum atomic E-state index is 14.7. The van der Waals surface area contributed by atoms with E-state index in [9.17, 15) is 24.0 Å². The van der Waals surface area contributed by atoms with Gasteiger partial charge in [0.05, 0.1) is 29.4 Å². The molecule has 10 rings (SSSR count). The molecule has 0 aliphatic carbocycles. The molecular weight excluding hydrogens is 910 g/mol. The van der Waals surface area contributed by atoms with Crippen LogP contribution in [0.15, 0.2) is 72.8 Å². The molecule has 6 aromatic rings. The molecule has 364 valence electrons. The van der Waals surface area contributed by atoms with Crippen molar-refractivity contribution in [3.63, 3.8) is 0 Å². The molecule has 6 heterocycles. The molecule has 0 radical (unpaired) electrons. The monoisotopic (exact) mass is 967 g/mol. The summed E-state index contributed by atoms with van der Waals surface area (Å²) in [7, 11) is 1.92. The lowest BCUT2D eigenvalue weighted by molar-refractivity contribution is -0.137. The van der Waals surface area contributed by atoms with Crippen molar-refractivity contribution in [2.45, 2.75) is 104 Å². The van der Waals surface area contributed by atoms with Gasteiger partial charge >= 0.3 is 5.97 Å². The largest absolute Gasteiger partial charge is 0.493 e. The summed E-state index contributed by atoms with van der Waals surface area (Å²) in [6, 6.07) is 22.6. The van der Waals surface area contributed by atoms with Crippen LogP contribution in [0.2, 0.25) is 5.02 Å². The quantitative estimate of drug-likeness (QED) is 0.0657. The molecule has 15 nitrogen and oxygen atoms in total. The van der Waals surface area contributed by atoms with E-state index in [1.54, 1.807) is 18.2 Å². The van der Waals surface area contributed by atoms with E-state index in [2.05, 4.69) is 33.0 Å². The second-order valence-electron chi connectivity index (χ2n) is 20.0. The molecule has 4 amide bonds. The summed E-state index contributed by atoms with van der Waals surface area (Å²) < 4.78 is 22.7. The van der Waals surface area contributed by atoms with Crippen LogP contribution in [0.5, 0.6) is 11.5 Å². The minimum atomic E-state index is -0.758. The standard InChI is InChI=1S/C54H58ClN7O8/c1-31-47(32(2)58(6)57-31)48-41(55)20-19-38-37(16-11-25-68-43-17-9-13-33-12-7-8-14-36(33)43)50(53(67)70-54(3,4)5)60(49(38)48)24-23-59-27-35-26-34(59)28-61(35)46(64)30-69-44-18-10-15-39-40(44)29-62(52(39)66)42-21-22-45(63)56-51(42)65/h7-10,12-15,17-20,34-35,42H,11,16,21-30H2,1-6H3,(H,56,63,65)/t34-,35?,42?/m0/s1. The minimum absolute atomic E-state index is 0.0260. The van der Waals surface area contributed by atoms with Crippen LogP contribution in [0.25, 0.3) is 32.8 Å². The lowest BCUT2D eigenvalue weighted by atomic mass is 9.98. The number of aromatic nitrogens is 3. The van der Waals surface area contributed by atoms with Gasteiger partial charge < -0.3 is 28.6 Å². The van der Waals surface area contributed by atoms with Crippen molar-refractivity contribution in [3.05, 3.63) is 112 Å². The number of carbonyl (C=O) groups is 5. The van der Waals surface area contributed by atoms with Crippen molar-refractivity contribution in [1.29, 1.82) is 0 Å². The molecule has 70 heavy (non-hydrogen) atoms. The van der Waals surface area contributed by atoms with E-state index < -0.39 is 23.5 Å². The molecule has 4 aromatic carbocycles. The summed E-state index contributed by atoms with van der Waals surface area (Å²) in [5.41, 5.74) is 6.04. The third-order valence-electron chi connectivity index (χ3n) is 14.4. The minimum Gasteiger partial charge on any atom is -0.493 e. The summed E-state index contributed by atoms with van der Waals surface area (Å²) in [6.45, 7) is 12.3. The molecule has 16 heteroatoms. The third-order valence-corrected chi connectivity index (χ3v) is 14.7. The number of nitrogens with zero attached hydrogens (tertiary/aromatic N) is 6. The Bertz CT molecular complexity index is 3110. The van der Waals surface area contributed by atoms with Crippen LogP contribution < -0.4 is 14.8 Å². The van der Waals surface area contributed by atoms with Crippen molar-refractivity contribution >= 4 is 62.9 Å². The molecule has 3 atom stereocenters. The Hall–Kier alpha value is -6.71. The molecule has 1 N–H and O–H groups in total. The molecule has 2 aromatic heterocycles. The van der Waals surface area contributed by atoms with Gasteiger partial charge in [-0.05, 0) is 95.5 Å². The van der Waals surface area contributed by atoms with Crippen molar-refractivity contribution in [2.75, 3.05) is 32.8 Å². The number of hydrogen-bond acceptors (Lipinski definition) is 10. The Morgan fingerprint density at radius 3 is 2.39 bits per heavy atom. The van der Waals surface area contributed by atoms with E-state index >= 15 is 0 Å². The highest BCUT2D eigenvalue weighted by Gasteiger charge is 2.46. The van der Waals surface area contributed by atoms with Gasteiger partial charge in [-0.15, -0.1) is 0 Å². The zero-order valence-corrected chi connectivity index (χ0v) is 41.2. The number of benzene rings is 4. The van der Waals surface area contributed by atoms with Gasteiger partial charge in [-0.3, -0.25) is 34.1 Å². The van der Waals surface area contributed by atoms with Crippen LogP contribution in [0.1, 0.15) is 89.8 Å². The number of amides is 4. The first-order chi connectivity index (χ1) is 33.6. The summed E-state index contributed by atoms with van der Waals surface area (Å²) in [5.74, 6) is -0.449. The molecule has 2 unspecified atom stereocenters. The first-order valence-corrected chi connectivity index (χ1v) is 24.5. The summed E-state index contributed by atoms with van der Waals surface area (Å²) >= 11 is 7.24. The van der Waals surface area contributed by atoms with Gasteiger partial charge in [-0.25, -0.2) is 4.79 Å². The normalized spacial score (nSPS) is 19.1. The Balaban J connectivity index is 0.888. The van der Waals surface area contributed by atoms with Crippen LogP contribution >= 0.6 is 11.6 Å². The van der Waals surface area contributed by atoms with Crippen molar-refractivity contribution in [1.82, 2.24) is 34.4 Å². The maximum absolute atomic E-state index is 14.7. The van der Waals surface area contributed by atoms with E-state index in [4.69, 9.17) is 30.9 Å². The van der Waals surface area contributed by atoms with Crippen LogP contribution in [-0.2, 0) is 45.7 Å². The highest BCUT2D eigenvalue weighted by molar-refractivity contribution is 6.35. The first kappa shape index (κ1) is 47.0. The molecular formula is C54H58ClN7O8. The Labute approximate surface area is 411 Å². The fraction of sp³-hybridized carbons (Fsp3) is 0.407. The lowest BCUT2D eigenvalue weighted by Gasteiger charge is -2.34. The number of aryl methyl sites for hydroxylation is 3. The van der Waals surface area contributed by atoms with Gasteiger partial charge in [0.1, 0.15) is 28.8 Å². The van der Waals surface area contributed by atoms with Crippen LogP contribution in [0.3, 0.4) is 0 Å². The number of fused-ring (bicyclic) bond motifs is 5. The van der Waals surface area contributed by atoms with E-state index in [1.807, 2.05) is 87.6 Å².